The molecule has 1 nitrogen and oxygen atoms in total. The summed E-state index contributed by atoms with van der Waals surface area (Å²) in [6.07, 6.45) is 18.7. The molecule has 0 heterocycles. The first-order valence-electron chi connectivity index (χ1n) is 7.22. The third-order valence-corrected chi connectivity index (χ3v) is 3.14. The van der Waals surface area contributed by atoms with Crippen LogP contribution >= 0.6 is 0 Å². The Labute approximate surface area is 147 Å². The molecular weight excluding hydrogens is 312 g/mol. The van der Waals surface area contributed by atoms with Gasteiger partial charge < -0.3 is 4.74 Å². The molecule has 0 aliphatic heterocycles. The minimum atomic E-state index is 0. The van der Waals surface area contributed by atoms with E-state index in [0.717, 1.165) is 11.9 Å². The van der Waals surface area contributed by atoms with Crippen LogP contribution in [0.25, 0.3) is 0 Å². The molecule has 2 saturated carbocycles. The average Bonchev–Trinajstić information content (AvgIpc) is 3.14. The van der Waals surface area contributed by atoms with Gasteiger partial charge in [0.2, 0.25) is 0 Å². The summed E-state index contributed by atoms with van der Waals surface area (Å²) in [7, 11) is 0. The van der Waals surface area contributed by atoms with Crippen LogP contribution in [0, 0.1) is 63.9 Å². The molecule has 2 aliphatic carbocycles. The van der Waals surface area contributed by atoms with Crippen LogP contribution < -0.4 is 4.74 Å². The van der Waals surface area contributed by atoms with Crippen molar-refractivity contribution < 1.29 is 21.8 Å². The Morgan fingerprint density at radius 1 is 0.682 bits per heavy atom. The molecule has 1 aromatic carbocycles. The summed E-state index contributed by atoms with van der Waals surface area (Å²) in [5.74, 6) is 0.888. The van der Waals surface area contributed by atoms with E-state index in [-0.39, 0.29) is 22.5 Å². The van der Waals surface area contributed by atoms with E-state index in [0.29, 0.717) is 0 Å². The molecule has 0 N–H and O–H groups in total. The van der Waals surface area contributed by atoms with Crippen LogP contribution in [0.2, 0.25) is 0 Å². The van der Waals surface area contributed by atoms with Crippen molar-refractivity contribution in [1.29, 1.82) is 0 Å². The number of benzene rings is 1. The van der Waals surface area contributed by atoms with Gasteiger partial charge in [0.25, 0.3) is 0 Å². The molecule has 0 aromatic heterocycles. The molecule has 116 valence electrons. The Morgan fingerprint density at radius 3 is 1.55 bits per heavy atom. The smallest absolute Gasteiger partial charge is 0.156 e. The van der Waals surface area contributed by atoms with Gasteiger partial charge in [-0.25, -0.2) is 0 Å². The second-order valence-corrected chi connectivity index (χ2v) is 5.96. The molecule has 0 atom stereocenters. The fourth-order valence-electron chi connectivity index (χ4n) is 1.90. The first-order chi connectivity index (χ1) is 10.1. The minimum Gasteiger partial charge on any atom is -0.482 e. The maximum Gasteiger partial charge on any atom is 0.156 e. The van der Waals surface area contributed by atoms with Gasteiger partial charge in [0.05, 0.1) is 0 Å². The molecule has 2 fully saturated rings. The Kier molecular flexibility index (Phi) is 8.57. The third kappa shape index (κ3) is 6.75. The van der Waals surface area contributed by atoms with Crippen LogP contribution in [0.3, 0.4) is 0 Å². The van der Waals surface area contributed by atoms with Crippen LogP contribution in [0.1, 0.15) is 26.3 Å². The van der Waals surface area contributed by atoms with Gasteiger partial charge in [0.15, 0.2) is 6.10 Å². The Bertz CT molecular complexity index is 387. The number of rotatable bonds is 2. The molecular formula is C20H22FeO. The number of hydrogen-bond acceptors (Lipinski definition) is 1. The maximum atomic E-state index is 5.69. The van der Waals surface area contributed by atoms with Crippen molar-refractivity contribution in [1.82, 2.24) is 0 Å². The molecule has 1 aromatic rings. The van der Waals surface area contributed by atoms with E-state index in [4.69, 9.17) is 4.74 Å². The van der Waals surface area contributed by atoms with Crippen LogP contribution in [0.15, 0.2) is 24.3 Å². The van der Waals surface area contributed by atoms with E-state index in [9.17, 15) is 0 Å². The summed E-state index contributed by atoms with van der Waals surface area (Å²) in [6.45, 7) is 6.63. The monoisotopic (exact) mass is 334 g/mol. The Hall–Kier alpha value is -0.461. The van der Waals surface area contributed by atoms with Gasteiger partial charge in [-0.1, -0.05) is 32.9 Å². The van der Waals surface area contributed by atoms with Crippen molar-refractivity contribution in [2.45, 2.75) is 26.2 Å². The Balaban J connectivity index is 0.000000344. The molecule has 0 bridgehead atoms. The zero-order valence-electron chi connectivity index (χ0n) is 13.3. The second kappa shape index (κ2) is 9.63. The van der Waals surface area contributed by atoms with Crippen LogP contribution in [0.5, 0.6) is 5.75 Å². The van der Waals surface area contributed by atoms with Gasteiger partial charge in [-0.2, -0.15) is 0 Å². The summed E-state index contributed by atoms with van der Waals surface area (Å²) in [5.41, 5.74) is 1.51. The van der Waals surface area contributed by atoms with Crippen LogP contribution in [-0.2, 0) is 22.5 Å². The SMILES string of the molecule is CC(C)(C)c1ccc(O[C]2[CH][CH][CH][CH]2)cc1.[CH]1[CH][CH][CH][CH]1.[Fe]. The van der Waals surface area contributed by atoms with Gasteiger partial charge in [0.1, 0.15) is 5.75 Å². The fraction of sp³-hybridized carbons (Fsp3) is 0.200. The molecule has 2 heteroatoms. The van der Waals surface area contributed by atoms with Crippen molar-refractivity contribution >= 4 is 0 Å². The van der Waals surface area contributed by atoms with E-state index in [1.54, 1.807) is 0 Å². The zero-order valence-corrected chi connectivity index (χ0v) is 14.4. The van der Waals surface area contributed by atoms with Crippen molar-refractivity contribution in [3.63, 3.8) is 0 Å². The van der Waals surface area contributed by atoms with Gasteiger partial charge in [-0.15, -0.1) is 0 Å². The molecule has 0 saturated heterocycles. The van der Waals surface area contributed by atoms with Gasteiger partial charge >= 0.3 is 0 Å². The first-order valence-corrected chi connectivity index (χ1v) is 7.22. The van der Waals surface area contributed by atoms with Gasteiger partial charge in [0, 0.05) is 29.9 Å². The normalized spacial score (nSPS) is 18.3. The predicted molar refractivity (Wildman–Crippen MR) is 87.7 cm³/mol. The summed E-state index contributed by atoms with van der Waals surface area (Å²) < 4.78 is 5.69. The van der Waals surface area contributed by atoms with Crippen molar-refractivity contribution in [3.8, 4) is 5.75 Å². The summed E-state index contributed by atoms with van der Waals surface area (Å²) >= 11 is 0. The van der Waals surface area contributed by atoms with E-state index < -0.39 is 0 Å². The van der Waals surface area contributed by atoms with Crippen LogP contribution in [-0.4, -0.2) is 0 Å². The Morgan fingerprint density at radius 2 is 1.14 bits per heavy atom. The maximum absolute atomic E-state index is 5.69. The molecule has 0 unspecified atom stereocenters. The van der Waals surface area contributed by atoms with E-state index in [1.165, 1.54) is 5.56 Å². The number of ether oxygens (including phenoxy) is 1. The summed E-state index contributed by atoms with van der Waals surface area (Å²) in [5, 5.41) is 0. The van der Waals surface area contributed by atoms with E-state index in [2.05, 4.69) is 32.9 Å². The quantitative estimate of drug-likeness (QED) is 0.710. The molecule has 3 rings (SSSR count). The van der Waals surface area contributed by atoms with Crippen molar-refractivity contribution in [2.75, 3.05) is 0 Å². The van der Waals surface area contributed by atoms with E-state index >= 15 is 0 Å². The van der Waals surface area contributed by atoms with Crippen LogP contribution in [0.4, 0.5) is 0 Å². The van der Waals surface area contributed by atoms with Gasteiger partial charge in [-0.3, -0.25) is 0 Å². The zero-order chi connectivity index (χ0) is 15.1. The largest absolute Gasteiger partial charge is 0.482 e. The number of hydrogen-bond donors (Lipinski definition) is 0. The molecule has 22 heavy (non-hydrogen) atoms. The molecule has 0 amide bonds. The second-order valence-electron chi connectivity index (χ2n) is 5.96. The fourth-order valence-corrected chi connectivity index (χ4v) is 1.90. The minimum absolute atomic E-state index is 0. The summed E-state index contributed by atoms with van der Waals surface area (Å²) in [6, 6.07) is 8.29. The first kappa shape index (κ1) is 19.6. The van der Waals surface area contributed by atoms with Gasteiger partial charge in [-0.05, 0) is 68.1 Å². The molecule has 10 radical (unpaired) electrons. The molecule has 0 spiro atoms. The molecule has 2 aliphatic rings. The topological polar surface area (TPSA) is 9.23 Å². The summed E-state index contributed by atoms with van der Waals surface area (Å²) in [4.78, 5) is 0. The average molecular weight is 334 g/mol. The standard InChI is InChI=1S/C15H17O.C5H5.Fe/c1-15(2,3)12-8-10-14(11-9-12)16-13-6-4-5-7-13;1-2-4-5-3-1;/h4-11H,1-3H3;1-5H;. The van der Waals surface area contributed by atoms with Crippen molar-refractivity contribution in [3.05, 3.63) is 93.7 Å². The van der Waals surface area contributed by atoms with Crippen molar-refractivity contribution in [2.24, 2.45) is 0 Å². The predicted octanol–water partition coefficient (Wildman–Crippen LogP) is 4.74. The third-order valence-electron chi connectivity index (χ3n) is 3.14. The van der Waals surface area contributed by atoms with E-state index in [1.807, 2.05) is 69.9 Å².